The van der Waals surface area contributed by atoms with E-state index in [1.54, 1.807) is 0 Å². The number of nitrogens with one attached hydrogen (secondary N) is 2. The number of amides is 3. The Balaban J connectivity index is 2.93. The number of unbranched alkanes of at least 4 members (excludes halogenated alkanes) is 1. The van der Waals surface area contributed by atoms with Crippen molar-refractivity contribution in [2.75, 3.05) is 13.1 Å². The summed E-state index contributed by atoms with van der Waals surface area (Å²) < 4.78 is 0. The third-order valence-corrected chi connectivity index (χ3v) is 6.22. The van der Waals surface area contributed by atoms with Crippen LogP contribution in [-0.2, 0) is 24.0 Å². The van der Waals surface area contributed by atoms with E-state index in [0.29, 0.717) is 45.2 Å². The fourth-order valence-electron chi connectivity index (χ4n) is 3.82. The van der Waals surface area contributed by atoms with E-state index in [1.165, 1.54) is 4.90 Å². The predicted molar refractivity (Wildman–Crippen MR) is 123 cm³/mol. The van der Waals surface area contributed by atoms with Gasteiger partial charge in [-0.3, -0.25) is 19.2 Å². The Kier molecular flexibility index (Phi) is 12.5. The van der Waals surface area contributed by atoms with Crippen molar-refractivity contribution in [1.29, 1.82) is 0 Å². The summed E-state index contributed by atoms with van der Waals surface area (Å²) in [6.45, 7) is 4.51. The normalized spacial score (nSPS) is 19.1. The van der Waals surface area contributed by atoms with Crippen LogP contribution < -0.4 is 22.1 Å². The Bertz CT molecular complexity index is 732. The van der Waals surface area contributed by atoms with E-state index < -0.39 is 54.3 Å². The lowest BCUT2D eigenvalue weighted by Crippen LogP contribution is -2.57. The van der Waals surface area contributed by atoms with Gasteiger partial charge in [-0.25, -0.2) is 4.79 Å². The molecule has 194 valence electrons. The number of carbonyl (C=O) groups is 5. The fourth-order valence-corrected chi connectivity index (χ4v) is 3.82. The van der Waals surface area contributed by atoms with Gasteiger partial charge in [-0.15, -0.1) is 0 Å². The molecule has 1 aliphatic rings. The number of carboxylic acids is 2. The molecule has 34 heavy (non-hydrogen) atoms. The molecular weight excluding hydrogens is 446 g/mol. The summed E-state index contributed by atoms with van der Waals surface area (Å²) in [5.74, 6) is -4.20. The van der Waals surface area contributed by atoms with Gasteiger partial charge in [-0.2, -0.15) is 0 Å². The van der Waals surface area contributed by atoms with Crippen molar-refractivity contribution in [2.24, 2.45) is 17.4 Å². The zero-order chi connectivity index (χ0) is 25.8. The van der Waals surface area contributed by atoms with Crippen LogP contribution in [0.5, 0.6) is 0 Å². The minimum atomic E-state index is -1.26. The molecule has 0 aliphatic carbocycles. The third-order valence-electron chi connectivity index (χ3n) is 6.22. The number of rotatable bonds is 15. The zero-order valence-corrected chi connectivity index (χ0v) is 20.0. The number of nitrogens with two attached hydrogens (primary N) is 2. The average molecular weight is 486 g/mol. The second-order valence-electron chi connectivity index (χ2n) is 8.78. The van der Waals surface area contributed by atoms with Crippen molar-refractivity contribution in [1.82, 2.24) is 15.5 Å². The van der Waals surface area contributed by atoms with Gasteiger partial charge in [-0.1, -0.05) is 20.3 Å². The Labute approximate surface area is 199 Å². The highest BCUT2D eigenvalue weighted by Gasteiger charge is 2.38. The Morgan fingerprint density at radius 2 is 1.74 bits per heavy atom. The van der Waals surface area contributed by atoms with Crippen LogP contribution in [-0.4, -0.2) is 82.0 Å². The standard InChI is InChI=1S/C22H39N5O7/c1-3-13(2)18(24)21(32)27-12-6-8-16(27)20(31)25-14(9-10-17(28)29)19(30)26-15(22(33)34)7-4-5-11-23/h13-16,18H,3-12,23-24H2,1-2H3,(H,25,31)(H,26,30)(H,28,29)(H,33,34). The lowest BCUT2D eigenvalue weighted by molar-refractivity contribution is -0.144. The largest absolute Gasteiger partial charge is 0.481 e. The summed E-state index contributed by atoms with van der Waals surface area (Å²) in [6, 6.07) is -4.04. The Hall–Kier alpha value is -2.73. The highest BCUT2D eigenvalue weighted by molar-refractivity contribution is 5.94. The van der Waals surface area contributed by atoms with Crippen molar-refractivity contribution in [3.8, 4) is 0 Å². The molecule has 1 aliphatic heterocycles. The third kappa shape index (κ3) is 8.90. The molecule has 5 unspecified atom stereocenters. The number of hydrogen-bond donors (Lipinski definition) is 6. The molecule has 1 saturated heterocycles. The van der Waals surface area contributed by atoms with Crippen LogP contribution >= 0.6 is 0 Å². The number of likely N-dealkylation sites (tertiary alicyclic amines) is 1. The van der Waals surface area contributed by atoms with Gasteiger partial charge in [0.2, 0.25) is 17.7 Å². The fraction of sp³-hybridized carbons (Fsp3) is 0.773. The summed E-state index contributed by atoms with van der Waals surface area (Å²) in [5, 5.41) is 23.4. The molecule has 12 heteroatoms. The number of nitrogens with zero attached hydrogens (tertiary/aromatic N) is 1. The minimum absolute atomic E-state index is 0.0712. The first-order valence-corrected chi connectivity index (χ1v) is 11.8. The van der Waals surface area contributed by atoms with E-state index in [-0.39, 0.29) is 24.7 Å². The summed E-state index contributed by atoms with van der Waals surface area (Å²) in [6.07, 6.45) is 2.25. The predicted octanol–water partition coefficient (Wildman–Crippen LogP) is -0.601. The summed E-state index contributed by atoms with van der Waals surface area (Å²) in [7, 11) is 0. The maximum absolute atomic E-state index is 13.0. The molecule has 1 fully saturated rings. The maximum Gasteiger partial charge on any atom is 0.326 e. The summed E-state index contributed by atoms with van der Waals surface area (Å²) in [4.78, 5) is 62.6. The molecule has 0 saturated carbocycles. The van der Waals surface area contributed by atoms with Crippen LogP contribution in [0, 0.1) is 5.92 Å². The van der Waals surface area contributed by atoms with Crippen LogP contribution in [0.25, 0.3) is 0 Å². The molecule has 3 amide bonds. The molecule has 1 rings (SSSR count). The van der Waals surface area contributed by atoms with E-state index in [4.69, 9.17) is 16.6 Å². The van der Waals surface area contributed by atoms with Crippen molar-refractivity contribution in [3.63, 3.8) is 0 Å². The van der Waals surface area contributed by atoms with Gasteiger partial charge in [-0.05, 0) is 51.0 Å². The second kappa shape index (κ2) is 14.5. The van der Waals surface area contributed by atoms with Crippen molar-refractivity contribution < 1.29 is 34.2 Å². The zero-order valence-electron chi connectivity index (χ0n) is 20.0. The lowest BCUT2D eigenvalue weighted by Gasteiger charge is -2.30. The van der Waals surface area contributed by atoms with Gasteiger partial charge in [0.1, 0.15) is 18.1 Å². The molecular formula is C22H39N5O7. The number of aliphatic carboxylic acids is 2. The van der Waals surface area contributed by atoms with Crippen molar-refractivity contribution in [2.45, 2.75) is 89.4 Å². The van der Waals surface area contributed by atoms with Crippen LogP contribution in [0.4, 0.5) is 0 Å². The van der Waals surface area contributed by atoms with Crippen LogP contribution in [0.1, 0.15) is 65.2 Å². The molecule has 0 aromatic carbocycles. The number of hydrogen-bond acceptors (Lipinski definition) is 7. The van der Waals surface area contributed by atoms with Gasteiger partial charge >= 0.3 is 11.9 Å². The van der Waals surface area contributed by atoms with Gasteiger partial charge in [0.25, 0.3) is 0 Å². The summed E-state index contributed by atoms with van der Waals surface area (Å²) in [5.41, 5.74) is 11.5. The van der Waals surface area contributed by atoms with Gasteiger partial charge in [0.05, 0.1) is 6.04 Å². The van der Waals surface area contributed by atoms with E-state index >= 15 is 0 Å². The Morgan fingerprint density at radius 3 is 2.29 bits per heavy atom. The monoisotopic (exact) mass is 485 g/mol. The molecule has 0 bridgehead atoms. The first-order chi connectivity index (χ1) is 16.0. The van der Waals surface area contributed by atoms with E-state index in [2.05, 4.69) is 10.6 Å². The van der Waals surface area contributed by atoms with E-state index in [1.807, 2.05) is 13.8 Å². The van der Waals surface area contributed by atoms with Crippen LogP contribution in [0.15, 0.2) is 0 Å². The van der Waals surface area contributed by atoms with Gasteiger partial charge in [0.15, 0.2) is 0 Å². The van der Waals surface area contributed by atoms with Gasteiger partial charge < -0.3 is 37.2 Å². The minimum Gasteiger partial charge on any atom is -0.481 e. The molecule has 12 nitrogen and oxygen atoms in total. The van der Waals surface area contributed by atoms with Crippen molar-refractivity contribution in [3.05, 3.63) is 0 Å². The molecule has 0 spiro atoms. The topological polar surface area (TPSA) is 205 Å². The second-order valence-corrected chi connectivity index (χ2v) is 8.78. The SMILES string of the molecule is CCC(C)C(N)C(=O)N1CCCC1C(=O)NC(CCC(=O)O)C(=O)NC(CCCCN)C(=O)O. The lowest BCUT2D eigenvalue weighted by atomic mass is 9.98. The van der Waals surface area contributed by atoms with Crippen molar-refractivity contribution >= 4 is 29.7 Å². The first-order valence-electron chi connectivity index (χ1n) is 11.8. The molecule has 8 N–H and O–H groups in total. The van der Waals surface area contributed by atoms with E-state index in [9.17, 15) is 29.1 Å². The molecule has 0 aromatic rings. The number of carboxylic acid groups (broad SMARTS) is 2. The molecule has 5 atom stereocenters. The maximum atomic E-state index is 13.0. The number of carbonyl (C=O) groups excluding carboxylic acids is 3. The average Bonchev–Trinajstić information content (AvgIpc) is 3.29. The first kappa shape index (κ1) is 29.3. The smallest absolute Gasteiger partial charge is 0.326 e. The van der Waals surface area contributed by atoms with Crippen LogP contribution in [0.3, 0.4) is 0 Å². The molecule has 0 aromatic heterocycles. The van der Waals surface area contributed by atoms with Gasteiger partial charge in [0, 0.05) is 13.0 Å². The molecule has 0 radical (unpaired) electrons. The highest BCUT2D eigenvalue weighted by Crippen LogP contribution is 2.21. The van der Waals surface area contributed by atoms with E-state index in [0.717, 1.165) is 0 Å². The highest BCUT2D eigenvalue weighted by atomic mass is 16.4. The quantitative estimate of drug-likeness (QED) is 0.163. The molecule has 1 heterocycles. The summed E-state index contributed by atoms with van der Waals surface area (Å²) >= 11 is 0. The Morgan fingerprint density at radius 1 is 1.06 bits per heavy atom. The van der Waals surface area contributed by atoms with Crippen LogP contribution in [0.2, 0.25) is 0 Å².